The van der Waals surface area contributed by atoms with Crippen molar-refractivity contribution < 1.29 is 21.1 Å². The van der Waals surface area contributed by atoms with Crippen molar-refractivity contribution in [1.29, 1.82) is 0 Å². The Labute approximate surface area is 257 Å². The molecule has 8 rings (SSSR count). The number of para-hydroxylation sites is 3. The zero-order valence-electron chi connectivity index (χ0n) is 23.0. The Kier molecular flexibility index (Phi) is 6.29. The molecule has 0 amide bonds. The summed E-state index contributed by atoms with van der Waals surface area (Å²) in [6, 6.07) is 40.8. The number of hydrogen-bond acceptors (Lipinski definition) is 3. The van der Waals surface area contributed by atoms with Crippen LogP contribution < -0.4 is 0 Å². The van der Waals surface area contributed by atoms with E-state index in [1.54, 1.807) is 0 Å². The fourth-order valence-electron chi connectivity index (χ4n) is 5.86. The Morgan fingerprint density at radius 3 is 2.38 bits per heavy atom. The van der Waals surface area contributed by atoms with Crippen LogP contribution in [0.1, 0.15) is 25.0 Å². The molecule has 0 unspecified atom stereocenters. The number of aromatic nitrogens is 5. The summed E-state index contributed by atoms with van der Waals surface area (Å²) in [5.41, 5.74) is 8.69. The van der Waals surface area contributed by atoms with E-state index in [1.807, 2.05) is 48.9 Å². The van der Waals surface area contributed by atoms with E-state index in [2.05, 4.69) is 107 Å². The summed E-state index contributed by atoms with van der Waals surface area (Å²) >= 11 is 0. The number of rotatable bonds is 4. The van der Waals surface area contributed by atoms with Crippen molar-refractivity contribution in [2.24, 2.45) is 0 Å². The van der Waals surface area contributed by atoms with Crippen LogP contribution in [0.15, 0.2) is 116 Å². The maximum absolute atomic E-state index is 4.97. The Balaban J connectivity index is 0.00000288. The molecular formula is C36H25N5Pt. The minimum atomic E-state index is -0.374. The molecule has 0 aliphatic carbocycles. The quantitative estimate of drug-likeness (QED) is 0.137. The summed E-state index contributed by atoms with van der Waals surface area (Å²) in [5, 5.41) is 2.00. The zero-order valence-corrected chi connectivity index (χ0v) is 25.3. The SMILES string of the molecule is CC(C)(c1[c-]c(-c2nccn2-c2ccccc2)ccc1)c1[c-]c2c3ncccc3c3nc4ccccc4n3c2cc1.[Pt+2]. The average Bonchev–Trinajstić information content (AvgIpc) is 3.67. The Morgan fingerprint density at radius 1 is 0.690 bits per heavy atom. The van der Waals surface area contributed by atoms with Crippen molar-refractivity contribution in [1.82, 2.24) is 23.9 Å². The number of imidazole rings is 2. The van der Waals surface area contributed by atoms with Crippen molar-refractivity contribution in [3.05, 3.63) is 139 Å². The van der Waals surface area contributed by atoms with E-state index >= 15 is 0 Å². The fourth-order valence-corrected chi connectivity index (χ4v) is 5.86. The van der Waals surface area contributed by atoms with Gasteiger partial charge in [-0.05, 0) is 41.3 Å². The van der Waals surface area contributed by atoms with Gasteiger partial charge in [-0.15, -0.1) is 64.5 Å². The van der Waals surface area contributed by atoms with E-state index in [-0.39, 0.29) is 26.5 Å². The summed E-state index contributed by atoms with van der Waals surface area (Å²) in [7, 11) is 0. The van der Waals surface area contributed by atoms with Gasteiger partial charge >= 0.3 is 21.1 Å². The molecule has 204 valence electrons. The van der Waals surface area contributed by atoms with Crippen molar-refractivity contribution in [2.45, 2.75) is 19.3 Å². The standard InChI is InChI=1S/C36H25N5.Pt/c1-36(2,25-11-8-10-24(22-25)34-38-20-21-40(34)27-12-4-3-5-13-27)26-17-18-31-29(23-26)33-28(14-9-19-37-33)35-39-30-15-6-7-16-32(30)41(31)35;/h3-21H,1-2H3;/q-2;+2. The largest absolute Gasteiger partial charge is 2.00 e. The zero-order chi connectivity index (χ0) is 27.6. The van der Waals surface area contributed by atoms with E-state index in [0.717, 1.165) is 66.7 Å². The Bertz CT molecular complexity index is 2250. The molecule has 0 spiro atoms. The molecule has 0 saturated carbocycles. The van der Waals surface area contributed by atoms with Gasteiger partial charge in [0.25, 0.3) is 0 Å². The Morgan fingerprint density at radius 2 is 1.50 bits per heavy atom. The van der Waals surface area contributed by atoms with Crippen LogP contribution in [0, 0.1) is 12.1 Å². The van der Waals surface area contributed by atoms with E-state index in [1.165, 1.54) is 0 Å². The molecule has 0 radical (unpaired) electrons. The maximum Gasteiger partial charge on any atom is 2.00 e. The van der Waals surface area contributed by atoms with E-state index in [4.69, 9.17) is 9.97 Å². The first-order chi connectivity index (χ1) is 20.1. The minimum absolute atomic E-state index is 0. The van der Waals surface area contributed by atoms with Crippen molar-refractivity contribution in [3.8, 4) is 17.1 Å². The molecule has 4 aromatic heterocycles. The first-order valence-corrected chi connectivity index (χ1v) is 13.7. The third kappa shape index (κ3) is 3.99. The molecule has 0 atom stereocenters. The molecule has 0 bridgehead atoms. The van der Waals surface area contributed by atoms with Gasteiger partial charge in [0.05, 0.1) is 16.9 Å². The molecule has 6 heteroatoms. The van der Waals surface area contributed by atoms with Crippen LogP contribution in [-0.2, 0) is 26.5 Å². The summed E-state index contributed by atoms with van der Waals surface area (Å²) in [6.45, 7) is 4.45. The van der Waals surface area contributed by atoms with Crippen LogP contribution in [0.4, 0.5) is 0 Å². The van der Waals surface area contributed by atoms with Gasteiger partial charge in [-0.25, -0.2) is 4.98 Å². The van der Waals surface area contributed by atoms with Crippen LogP contribution in [0.3, 0.4) is 0 Å². The molecule has 0 aliphatic rings. The number of fused-ring (bicyclic) bond motifs is 8. The van der Waals surface area contributed by atoms with E-state index < -0.39 is 0 Å². The van der Waals surface area contributed by atoms with Crippen LogP contribution in [0.5, 0.6) is 0 Å². The molecule has 0 aliphatic heterocycles. The number of hydrogen-bond donors (Lipinski definition) is 0. The van der Waals surface area contributed by atoms with Crippen molar-refractivity contribution in [2.75, 3.05) is 0 Å². The number of pyridine rings is 2. The molecule has 0 fully saturated rings. The number of nitrogens with zero attached hydrogens (tertiary/aromatic N) is 5. The maximum atomic E-state index is 4.97. The van der Waals surface area contributed by atoms with Gasteiger partial charge in [0.15, 0.2) is 0 Å². The van der Waals surface area contributed by atoms with Crippen LogP contribution in [-0.4, -0.2) is 23.9 Å². The molecule has 5 nitrogen and oxygen atoms in total. The fraction of sp³-hybridized carbons (Fsp3) is 0.0833. The van der Waals surface area contributed by atoms with Gasteiger partial charge in [-0.2, -0.15) is 0 Å². The molecule has 42 heavy (non-hydrogen) atoms. The Hall–Kier alpha value is -4.60. The molecule has 8 aromatic rings. The van der Waals surface area contributed by atoms with Gasteiger partial charge in [0.2, 0.25) is 0 Å². The van der Waals surface area contributed by atoms with Crippen LogP contribution in [0.25, 0.3) is 55.6 Å². The second-order valence-electron chi connectivity index (χ2n) is 10.9. The van der Waals surface area contributed by atoms with Crippen molar-refractivity contribution >= 4 is 38.5 Å². The second-order valence-corrected chi connectivity index (χ2v) is 10.9. The molecule has 4 aromatic carbocycles. The van der Waals surface area contributed by atoms with Gasteiger partial charge in [-0.1, -0.05) is 50.2 Å². The first-order valence-electron chi connectivity index (χ1n) is 13.7. The second kappa shape index (κ2) is 10.0. The number of benzene rings is 4. The smallest absolute Gasteiger partial charge is 0.340 e. The first kappa shape index (κ1) is 26.3. The topological polar surface area (TPSA) is 48.0 Å². The van der Waals surface area contributed by atoms with Crippen molar-refractivity contribution in [3.63, 3.8) is 0 Å². The van der Waals surface area contributed by atoms with Crippen LogP contribution >= 0.6 is 0 Å². The molecular weight excluding hydrogens is 698 g/mol. The van der Waals surface area contributed by atoms with E-state index in [9.17, 15) is 0 Å². The monoisotopic (exact) mass is 722 g/mol. The summed E-state index contributed by atoms with van der Waals surface area (Å²) < 4.78 is 4.33. The molecule has 4 heterocycles. The predicted molar refractivity (Wildman–Crippen MR) is 164 cm³/mol. The minimum Gasteiger partial charge on any atom is -0.340 e. The van der Waals surface area contributed by atoms with Gasteiger partial charge in [0, 0.05) is 35.2 Å². The predicted octanol–water partition coefficient (Wildman–Crippen LogP) is 7.97. The van der Waals surface area contributed by atoms with Gasteiger partial charge < -0.3 is 14.0 Å². The summed E-state index contributed by atoms with van der Waals surface area (Å²) in [5.74, 6) is 0.862. The summed E-state index contributed by atoms with van der Waals surface area (Å²) in [6.07, 6.45) is 5.68. The molecule has 0 N–H and O–H groups in total. The third-order valence-corrected chi connectivity index (χ3v) is 8.07. The summed E-state index contributed by atoms with van der Waals surface area (Å²) in [4.78, 5) is 14.5. The average molecular weight is 723 g/mol. The third-order valence-electron chi connectivity index (χ3n) is 8.07. The van der Waals surface area contributed by atoms with E-state index in [0.29, 0.717) is 0 Å². The normalized spacial score (nSPS) is 11.9. The van der Waals surface area contributed by atoms with Crippen LogP contribution in [0.2, 0.25) is 0 Å². The molecule has 0 saturated heterocycles. The van der Waals surface area contributed by atoms with Gasteiger partial charge in [0.1, 0.15) is 5.65 Å². The van der Waals surface area contributed by atoms with Gasteiger partial charge in [-0.3, -0.25) is 4.98 Å².